The normalized spacial score (nSPS) is 14.7. The summed E-state index contributed by atoms with van der Waals surface area (Å²) in [7, 11) is -3.59. The van der Waals surface area contributed by atoms with Crippen LogP contribution in [0.4, 0.5) is 0 Å². The van der Waals surface area contributed by atoms with Crippen LogP contribution in [0.1, 0.15) is 18.9 Å². The molecule has 1 heterocycles. The lowest BCUT2D eigenvalue weighted by molar-refractivity contribution is -0.145. The third-order valence-corrected chi connectivity index (χ3v) is 6.51. The van der Waals surface area contributed by atoms with Crippen molar-refractivity contribution in [3.05, 3.63) is 54.1 Å². The maximum Gasteiger partial charge on any atom is 0.309 e. The Hall–Kier alpha value is -2.62. The number of hydrogen-bond acceptors (Lipinski definition) is 7. The van der Waals surface area contributed by atoms with Crippen LogP contribution in [0, 0.1) is 0 Å². The van der Waals surface area contributed by atoms with Gasteiger partial charge in [0.25, 0.3) is 0 Å². The first-order valence-electron chi connectivity index (χ1n) is 10.2. The molecule has 1 saturated heterocycles. The number of rotatable bonds is 10. The van der Waals surface area contributed by atoms with Crippen LogP contribution in [0.5, 0.6) is 11.5 Å². The molecule has 0 spiro atoms. The highest BCUT2D eigenvalue weighted by Gasteiger charge is 2.26. The Bertz CT molecular complexity index is 954. The Morgan fingerprint density at radius 3 is 2.39 bits per heavy atom. The van der Waals surface area contributed by atoms with E-state index in [0.717, 1.165) is 5.75 Å². The van der Waals surface area contributed by atoms with E-state index in [4.69, 9.17) is 18.9 Å². The van der Waals surface area contributed by atoms with E-state index >= 15 is 0 Å². The summed E-state index contributed by atoms with van der Waals surface area (Å²) in [5, 5.41) is 0. The fraction of sp³-hybridized carbons (Fsp3) is 0.409. The van der Waals surface area contributed by atoms with Gasteiger partial charge in [0.15, 0.2) is 0 Å². The summed E-state index contributed by atoms with van der Waals surface area (Å²) >= 11 is 0. The highest BCUT2D eigenvalue weighted by atomic mass is 32.2. The number of hydrogen-bond donors (Lipinski definition) is 0. The van der Waals surface area contributed by atoms with Gasteiger partial charge < -0.3 is 18.9 Å². The maximum absolute atomic E-state index is 12.7. The van der Waals surface area contributed by atoms with E-state index in [1.54, 1.807) is 42.5 Å². The van der Waals surface area contributed by atoms with Gasteiger partial charge in [0, 0.05) is 13.1 Å². The number of benzene rings is 2. The van der Waals surface area contributed by atoms with Gasteiger partial charge in [0.1, 0.15) is 18.1 Å². The molecular formula is C22H27NO7S. The van der Waals surface area contributed by atoms with Gasteiger partial charge in [-0.05, 0) is 48.9 Å². The largest absolute Gasteiger partial charge is 0.494 e. The molecule has 0 atom stereocenters. The van der Waals surface area contributed by atoms with E-state index in [2.05, 4.69) is 0 Å². The van der Waals surface area contributed by atoms with Crippen molar-refractivity contribution in [3.63, 3.8) is 0 Å². The van der Waals surface area contributed by atoms with Gasteiger partial charge in [0.2, 0.25) is 10.0 Å². The minimum absolute atomic E-state index is 0.00560. The molecule has 8 nitrogen and oxygen atoms in total. The zero-order valence-electron chi connectivity index (χ0n) is 17.5. The molecule has 3 rings (SSSR count). The average Bonchev–Trinajstić information content (AvgIpc) is 2.80. The van der Waals surface area contributed by atoms with E-state index in [9.17, 15) is 13.2 Å². The predicted molar refractivity (Wildman–Crippen MR) is 114 cm³/mol. The number of morpholine rings is 1. The van der Waals surface area contributed by atoms with Gasteiger partial charge in [-0.15, -0.1) is 0 Å². The third kappa shape index (κ3) is 6.68. The van der Waals surface area contributed by atoms with Crippen LogP contribution in [0.3, 0.4) is 0 Å². The number of ether oxygens (including phenoxy) is 4. The van der Waals surface area contributed by atoms with Crippen molar-refractivity contribution in [2.24, 2.45) is 0 Å². The summed E-state index contributed by atoms with van der Waals surface area (Å²) in [4.78, 5) is 12.2. The van der Waals surface area contributed by atoms with Crippen LogP contribution < -0.4 is 9.47 Å². The minimum Gasteiger partial charge on any atom is -0.494 e. The second-order valence-corrected chi connectivity index (χ2v) is 8.77. The molecule has 0 radical (unpaired) electrons. The molecule has 0 bridgehead atoms. The molecule has 0 unspecified atom stereocenters. The van der Waals surface area contributed by atoms with Crippen LogP contribution in [0.15, 0.2) is 53.4 Å². The Morgan fingerprint density at radius 1 is 1.03 bits per heavy atom. The molecule has 1 fully saturated rings. The maximum atomic E-state index is 12.7. The van der Waals surface area contributed by atoms with Crippen molar-refractivity contribution in [1.82, 2.24) is 4.31 Å². The predicted octanol–water partition coefficient (Wildman–Crippen LogP) is 2.62. The minimum atomic E-state index is -3.59. The first-order valence-corrected chi connectivity index (χ1v) is 11.6. The van der Waals surface area contributed by atoms with Crippen molar-refractivity contribution >= 4 is 16.0 Å². The van der Waals surface area contributed by atoms with Crippen LogP contribution in [0.25, 0.3) is 0 Å². The quantitative estimate of drug-likeness (QED) is 0.515. The van der Waals surface area contributed by atoms with Gasteiger partial charge in [-0.25, -0.2) is 8.42 Å². The van der Waals surface area contributed by atoms with Crippen LogP contribution >= 0.6 is 0 Å². The summed E-state index contributed by atoms with van der Waals surface area (Å²) in [6, 6.07) is 13.6. The van der Waals surface area contributed by atoms with E-state index < -0.39 is 16.0 Å². The molecule has 2 aromatic carbocycles. The van der Waals surface area contributed by atoms with Gasteiger partial charge in [-0.1, -0.05) is 12.1 Å². The van der Waals surface area contributed by atoms with Gasteiger partial charge >= 0.3 is 5.97 Å². The smallest absolute Gasteiger partial charge is 0.309 e. The summed E-state index contributed by atoms with van der Waals surface area (Å²) < 4.78 is 48.3. The molecule has 0 aromatic heterocycles. The molecule has 31 heavy (non-hydrogen) atoms. The number of carbonyl (C=O) groups is 1. The summed E-state index contributed by atoms with van der Waals surface area (Å²) in [6.45, 7) is 4.10. The molecule has 0 amide bonds. The number of sulfonamides is 1. The second kappa shape index (κ2) is 11.1. The molecule has 0 N–H and O–H groups in total. The molecule has 0 saturated carbocycles. The fourth-order valence-electron chi connectivity index (χ4n) is 3.02. The van der Waals surface area contributed by atoms with E-state index in [1.165, 1.54) is 10.4 Å². The standard InChI is InChI=1S/C22H27NO7S/c1-2-28-19-6-8-20(9-7-19)29-13-10-22(24)30-17-18-4-3-5-21(16-18)31(25,26)23-11-14-27-15-12-23/h3-9,16H,2,10-15,17H2,1H3. The lowest BCUT2D eigenvalue weighted by atomic mass is 10.2. The van der Waals surface area contributed by atoms with E-state index in [-0.39, 0.29) is 24.5 Å². The van der Waals surface area contributed by atoms with Crippen LogP contribution in [0.2, 0.25) is 0 Å². The van der Waals surface area contributed by atoms with Gasteiger partial charge in [-0.3, -0.25) is 4.79 Å². The van der Waals surface area contributed by atoms with Crippen molar-refractivity contribution in [2.75, 3.05) is 39.5 Å². The van der Waals surface area contributed by atoms with E-state index in [0.29, 0.717) is 44.2 Å². The van der Waals surface area contributed by atoms with Crippen molar-refractivity contribution in [2.45, 2.75) is 24.8 Å². The number of esters is 1. The Kier molecular flexibility index (Phi) is 8.27. The fourth-order valence-corrected chi connectivity index (χ4v) is 4.50. The second-order valence-electron chi connectivity index (χ2n) is 6.83. The monoisotopic (exact) mass is 449 g/mol. The first-order chi connectivity index (χ1) is 15.0. The molecule has 2 aromatic rings. The van der Waals surface area contributed by atoms with Crippen molar-refractivity contribution in [1.29, 1.82) is 0 Å². The average molecular weight is 450 g/mol. The Balaban J connectivity index is 1.46. The van der Waals surface area contributed by atoms with Crippen molar-refractivity contribution in [3.8, 4) is 11.5 Å². The zero-order valence-corrected chi connectivity index (χ0v) is 18.3. The lowest BCUT2D eigenvalue weighted by Gasteiger charge is -2.26. The highest BCUT2D eigenvalue weighted by molar-refractivity contribution is 7.89. The molecule has 1 aliphatic heterocycles. The number of nitrogens with zero attached hydrogens (tertiary/aromatic N) is 1. The molecular weight excluding hydrogens is 422 g/mol. The lowest BCUT2D eigenvalue weighted by Crippen LogP contribution is -2.40. The SMILES string of the molecule is CCOc1ccc(OCCC(=O)OCc2cccc(S(=O)(=O)N3CCOCC3)c2)cc1. The van der Waals surface area contributed by atoms with Crippen molar-refractivity contribution < 1.29 is 32.2 Å². The van der Waals surface area contributed by atoms with E-state index in [1.807, 2.05) is 6.92 Å². The summed E-state index contributed by atoms with van der Waals surface area (Å²) in [5.74, 6) is 0.969. The highest BCUT2D eigenvalue weighted by Crippen LogP contribution is 2.19. The topological polar surface area (TPSA) is 91.4 Å². The zero-order chi connectivity index (χ0) is 22.1. The molecule has 1 aliphatic rings. The number of carbonyl (C=O) groups excluding carboxylic acids is 1. The first kappa shape index (κ1) is 23.1. The summed E-state index contributed by atoms with van der Waals surface area (Å²) in [6.07, 6.45) is 0.0823. The Labute approximate surface area is 182 Å². The molecule has 9 heteroatoms. The van der Waals surface area contributed by atoms with Gasteiger partial charge in [-0.2, -0.15) is 4.31 Å². The Morgan fingerprint density at radius 2 is 1.71 bits per heavy atom. The molecule has 168 valence electrons. The van der Waals surface area contributed by atoms with Crippen LogP contribution in [-0.4, -0.2) is 58.2 Å². The summed E-state index contributed by atoms with van der Waals surface area (Å²) in [5.41, 5.74) is 0.607. The van der Waals surface area contributed by atoms with Crippen LogP contribution in [-0.2, 0) is 30.9 Å². The molecule has 0 aliphatic carbocycles. The van der Waals surface area contributed by atoms with Gasteiger partial charge in [0.05, 0.1) is 37.7 Å². The third-order valence-electron chi connectivity index (χ3n) is 4.62.